The summed E-state index contributed by atoms with van der Waals surface area (Å²) in [6.45, 7) is 0. The topological polar surface area (TPSA) is 22.8 Å². The van der Waals surface area contributed by atoms with Gasteiger partial charge >= 0.3 is 0 Å². The normalized spacial score (nSPS) is 11.8. The second kappa shape index (κ2) is 11.3. The van der Waals surface area contributed by atoms with E-state index in [4.69, 9.17) is 4.98 Å². The zero-order chi connectivity index (χ0) is 34.2. The van der Waals surface area contributed by atoms with E-state index in [0.29, 0.717) is 0 Å². The molecule has 0 aliphatic heterocycles. The van der Waals surface area contributed by atoms with Crippen molar-refractivity contribution in [3.63, 3.8) is 0 Å². The molecule has 0 fully saturated rings. The van der Waals surface area contributed by atoms with Gasteiger partial charge in [0.05, 0.1) is 27.6 Å². The minimum absolute atomic E-state index is 0.909. The third kappa shape index (κ3) is 4.23. The number of nitrogens with zero attached hydrogens (tertiary/aromatic N) is 3. The van der Waals surface area contributed by atoms with Crippen LogP contribution < -0.4 is 0 Å². The largest absolute Gasteiger partial charge is 0.309 e. The van der Waals surface area contributed by atoms with Crippen molar-refractivity contribution < 1.29 is 0 Å². The second-order valence-corrected chi connectivity index (χ2v) is 13.5. The van der Waals surface area contributed by atoms with Gasteiger partial charge in [0.15, 0.2) is 0 Å². The lowest BCUT2D eigenvalue weighted by Crippen LogP contribution is -1.99. The molecule has 0 bridgehead atoms. The number of hydrogen-bond acceptors (Lipinski definition) is 1. The summed E-state index contributed by atoms with van der Waals surface area (Å²) in [5, 5.41) is 8.53. The highest BCUT2D eigenvalue weighted by Crippen LogP contribution is 2.43. The zero-order valence-electron chi connectivity index (χ0n) is 28.2. The summed E-state index contributed by atoms with van der Waals surface area (Å²) in [5.74, 6) is 0.909. The number of para-hydroxylation sites is 4. The van der Waals surface area contributed by atoms with Crippen LogP contribution in [0.15, 0.2) is 188 Å². The average molecular weight is 662 g/mol. The van der Waals surface area contributed by atoms with Crippen molar-refractivity contribution >= 4 is 65.3 Å². The van der Waals surface area contributed by atoms with Gasteiger partial charge in [-0.3, -0.25) is 4.57 Å². The van der Waals surface area contributed by atoms with Crippen molar-refractivity contribution in [3.8, 4) is 33.8 Å². The van der Waals surface area contributed by atoms with Crippen molar-refractivity contribution in [3.05, 3.63) is 188 Å². The molecule has 242 valence electrons. The van der Waals surface area contributed by atoms with Gasteiger partial charge in [-0.15, -0.1) is 0 Å². The Hall–Kier alpha value is -6.97. The first-order valence-corrected chi connectivity index (χ1v) is 17.8. The Bertz CT molecular complexity index is 3170. The molecule has 0 amide bonds. The summed E-state index contributed by atoms with van der Waals surface area (Å²) in [5.41, 5.74) is 11.6. The summed E-state index contributed by atoms with van der Waals surface area (Å²) < 4.78 is 4.78. The van der Waals surface area contributed by atoms with E-state index < -0.39 is 0 Å². The first kappa shape index (κ1) is 28.8. The van der Waals surface area contributed by atoms with Crippen LogP contribution in [0.25, 0.3) is 99.0 Å². The third-order valence-corrected chi connectivity index (χ3v) is 10.7. The quantitative estimate of drug-likeness (QED) is 0.184. The number of benzene rings is 8. The molecule has 0 radical (unpaired) electrons. The Morgan fingerprint density at radius 3 is 1.65 bits per heavy atom. The van der Waals surface area contributed by atoms with Gasteiger partial charge in [0, 0.05) is 38.0 Å². The fourth-order valence-electron chi connectivity index (χ4n) is 8.42. The van der Waals surface area contributed by atoms with Gasteiger partial charge < -0.3 is 4.57 Å². The van der Waals surface area contributed by atoms with Crippen LogP contribution >= 0.6 is 0 Å². The Labute approximate surface area is 300 Å². The fourth-order valence-corrected chi connectivity index (χ4v) is 8.42. The average Bonchev–Trinajstić information content (AvgIpc) is 3.73. The van der Waals surface area contributed by atoms with E-state index in [9.17, 15) is 0 Å². The van der Waals surface area contributed by atoms with Crippen molar-refractivity contribution in [2.75, 3.05) is 0 Å². The third-order valence-electron chi connectivity index (χ3n) is 10.7. The van der Waals surface area contributed by atoms with Crippen LogP contribution in [0, 0.1) is 0 Å². The molecule has 3 aromatic heterocycles. The highest BCUT2D eigenvalue weighted by Gasteiger charge is 2.20. The monoisotopic (exact) mass is 661 g/mol. The SMILES string of the molecule is c1ccc(-c2cc(-n3c4ccccc4c4ccc(-c5cc6c7ccccc7n(-c7ccccc7)c6c6ccccc56)cc43)nc3ccccc23)cc1. The first-order chi connectivity index (χ1) is 25.8. The highest BCUT2D eigenvalue weighted by molar-refractivity contribution is 6.22. The summed E-state index contributed by atoms with van der Waals surface area (Å²) in [6, 6.07) is 67.9. The van der Waals surface area contributed by atoms with Gasteiger partial charge in [0.25, 0.3) is 0 Å². The minimum atomic E-state index is 0.909. The van der Waals surface area contributed by atoms with Crippen LogP contribution in [0.5, 0.6) is 0 Å². The van der Waals surface area contributed by atoms with Gasteiger partial charge in [-0.05, 0) is 76.2 Å². The van der Waals surface area contributed by atoms with Gasteiger partial charge in [-0.1, -0.05) is 140 Å². The summed E-state index contributed by atoms with van der Waals surface area (Å²) >= 11 is 0. The van der Waals surface area contributed by atoms with Crippen LogP contribution in [0.1, 0.15) is 0 Å². The Morgan fingerprint density at radius 1 is 0.327 bits per heavy atom. The molecule has 0 aliphatic carbocycles. The predicted octanol–water partition coefficient (Wildman–Crippen LogP) is 12.9. The van der Waals surface area contributed by atoms with Crippen LogP contribution in [-0.4, -0.2) is 14.1 Å². The van der Waals surface area contributed by atoms with Crippen LogP contribution in [0.2, 0.25) is 0 Å². The van der Waals surface area contributed by atoms with E-state index in [-0.39, 0.29) is 0 Å². The molecule has 0 unspecified atom stereocenters. The van der Waals surface area contributed by atoms with Crippen molar-refractivity contribution in [1.82, 2.24) is 14.1 Å². The smallest absolute Gasteiger partial charge is 0.138 e. The Balaban J connectivity index is 1.22. The molecule has 0 spiro atoms. The number of hydrogen-bond donors (Lipinski definition) is 0. The molecule has 11 rings (SSSR count). The van der Waals surface area contributed by atoms with Gasteiger partial charge in [0.1, 0.15) is 5.82 Å². The molecule has 52 heavy (non-hydrogen) atoms. The molecule has 0 saturated heterocycles. The van der Waals surface area contributed by atoms with E-state index >= 15 is 0 Å². The molecular weight excluding hydrogens is 631 g/mol. The van der Waals surface area contributed by atoms with Crippen LogP contribution in [0.3, 0.4) is 0 Å². The lowest BCUT2D eigenvalue weighted by Gasteiger charge is -2.14. The van der Waals surface area contributed by atoms with Crippen LogP contribution in [-0.2, 0) is 0 Å². The second-order valence-electron chi connectivity index (χ2n) is 13.5. The number of rotatable bonds is 4. The van der Waals surface area contributed by atoms with E-state index in [0.717, 1.165) is 33.4 Å². The number of pyridine rings is 1. The van der Waals surface area contributed by atoms with Gasteiger partial charge in [0.2, 0.25) is 0 Å². The number of fused-ring (bicyclic) bond motifs is 9. The zero-order valence-corrected chi connectivity index (χ0v) is 28.2. The molecule has 3 nitrogen and oxygen atoms in total. The molecular formula is C49H31N3. The summed E-state index contributed by atoms with van der Waals surface area (Å²) in [6.07, 6.45) is 0. The van der Waals surface area contributed by atoms with Crippen molar-refractivity contribution in [2.24, 2.45) is 0 Å². The summed E-state index contributed by atoms with van der Waals surface area (Å²) in [7, 11) is 0. The van der Waals surface area contributed by atoms with Gasteiger partial charge in [-0.25, -0.2) is 4.98 Å². The standard InChI is InChI=1S/C49H31N3/c1-3-15-32(16-4-1)42-31-48(50-44-24-12-9-20-36(42)44)52-46-26-14-10-21-37(46)39-28-27-33(29-47(39)52)41-30-43-38-22-11-13-25-45(38)51(34-17-5-2-6-18-34)49(43)40-23-8-7-19-35(40)41/h1-31H. The lowest BCUT2D eigenvalue weighted by molar-refractivity contribution is 1.10. The molecule has 0 atom stereocenters. The molecule has 0 aliphatic rings. The Morgan fingerprint density at radius 2 is 0.885 bits per heavy atom. The van der Waals surface area contributed by atoms with E-state index in [1.165, 1.54) is 65.6 Å². The molecule has 0 N–H and O–H groups in total. The molecule has 3 heterocycles. The number of aromatic nitrogens is 3. The van der Waals surface area contributed by atoms with Crippen LogP contribution in [0.4, 0.5) is 0 Å². The molecule has 3 heteroatoms. The first-order valence-electron chi connectivity index (χ1n) is 17.8. The summed E-state index contributed by atoms with van der Waals surface area (Å²) in [4.78, 5) is 5.32. The maximum Gasteiger partial charge on any atom is 0.138 e. The predicted molar refractivity (Wildman–Crippen MR) is 219 cm³/mol. The van der Waals surface area contributed by atoms with E-state index in [1.807, 2.05) is 0 Å². The molecule has 8 aromatic carbocycles. The van der Waals surface area contributed by atoms with Crippen molar-refractivity contribution in [2.45, 2.75) is 0 Å². The molecule has 0 saturated carbocycles. The lowest BCUT2D eigenvalue weighted by atomic mass is 9.94. The minimum Gasteiger partial charge on any atom is -0.309 e. The van der Waals surface area contributed by atoms with E-state index in [1.54, 1.807) is 0 Å². The maximum atomic E-state index is 5.32. The molecule has 11 aromatic rings. The Kier molecular flexibility index (Phi) is 6.25. The van der Waals surface area contributed by atoms with E-state index in [2.05, 4.69) is 197 Å². The highest BCUT2D eigenvalue weighted by atomic mass is 15.1. The maximum absolute atomic E-state index is 5.32. The van der Waals surface area contributed by atoms with Gasteiger partial charge in [-0.2, -0.15) is 0 Å². The van der Waals surface area contributed by atoms with Crippen molar-refractivity contribution in [1.29, 1.82) is 0 Å². The fraction of sp³-hybridized carbons (Fsp3) is 0.